The highest BCUT2D eigenvalue weighted by Crippen LogP contribution is 2.18. The normalized spacial score (nSPS) is 21.7. The Morgan fingerprint density at radius 3 is 0.429 bits per heavy atom. The Balaban J connectivity index is 0.000000467. The first-order valence-electron chi connectivity index (χ1n) is 19.9. The number of rotatable bonds is 1. The van der Waals surface area contributed by atoms with Gasteiger partial charge in [-0.3, -0.25) is 4.79 Å². The van der Waals surface area contributed by atoms with Crippen LogP contribution >= 0.6 is 0 Å². The lowest BCUT2D eigenvalue weighted by Crippen LogP contribution is -1.95. The molecule has 0 aliphatic heterocycles. The summed E-state index contributed by atoms with van der Waals surface area (Å²) in [5, 5.41) is 0. The minimum absolute atomic E-state index is 0.211. The molecule has 0 spiro atoms. The summed E-state index contributed by atoms with van der Waals surface area (Å²) in [6.45, 7) is 3.65. The van der Waals surface area contributed by atoms with Crippen LogP contribution < -0.4 is 0 Å². The molecule has 6 aliphatic carbocycles. The Morgan fingerprint density at radius 2 is 0.405 bits per heavy atom. The highest BCUT2D eigenvalue weighted by atomic mass is 16.5. The van der Waals surface area contributed by atoms with Crippen LogP contribution in [0.1, 0.15) is 245 Å². The molecule has 2 nitrogen and oxygen atoms in total. The topological polar surface area (TPSA) is 26.3 Å². The van der Waals surface area contributed by atoms with Crippen molar-refractivity contribution in [3.8, 4) is 0 Å². The Kier molecular flexibility index (Phi) is 38.0. The summed E-state index contributed by atoms with van der Waals surface area (Å²) in [7, 11) is 0. The summed E-state index contributed by atoms with van der Waals surface area (Å²) in [6, 6.07) is 0. The van der Waals surface area contributed by atoms with E-state index >= 15 is 0 Å². The standard InChI is InChI=1S/6C6H12.C4H8O2/c6*1-2-4-6-5-3-1;1-3-6-4(2)5/h6*1-6H2;3H2,1-2H3. The van der Waals surface area contributed by atoms with Gasteiger partial charge in [-0.05, 0) is 6.92 Å². The van der Waals surface area contributed by atoms with E-state index in [0.29, 0.717) is 6.61 Å². The molecule has 252 valence electrons. The summed E-state index contributed by atoms with van der Waals surface area (Å²) in [4.78, 5) is 9.82. The van der Waals surface area contributed by atoms with Gasteiger partial charge in [0.05, 0.1) is 6.61 Å². The maximum Gasteiger partial charge on any atom is 0.302 e. The molecule has 0 N–H and O–H groups in total. The highest BCUT2D eigenvalue weighted by Gasteiger charge is 1.98. The van der Waals surface area contributed by atoms with Crippen molar-refractivity contribution in [2.45, 2.75) is 245 Å². The van der Waals surface area contributed by atoms with Crippen LogP contribution in [-0.4, -0.2) is 12.6 Å². The second kappa shape index (κ2) is 38.5. The van der Waals surface area contributed by atoms with Crippen molar-refractivity contribution in [3.05, 3.63) is 0 Å². The monoisotopic (exact) mass is 593 g/mol. The third-order valence-electron chi connectivity index (χ3n) is 9.35. The van der Waals surface area contributed by atoms with Gasteiger partial charge in [0.15, 0.2) is 0 Å². The van der Waals surface area contributed by atoms with Crippen LogP contribution in [0.25, 0.3) is 0 Å². The fourth-order valence-electron chi connectivity index (χ4n) is 6.57. The van der Waals surface area contributed by atoms with Gasteiger partial charge < -0.3 is 4.74 Å². The molecule has 0 aromatic carbocycles. The second-order valence-electron chi connectivity index (χ2n) is 13.7. The van der Waals surface area contributed by atoms with E-state index < -0.39 is 0 Å². The van der Waals surface area contributed by atoms with Gasteiger partial charge in [0.25, 0.3) is 0 Å². The Hall–Kier alpha value is -0.530. The van der Waals surface area contributed by atoms with Crippen LogP contribution in [-0.2, 0) is 9.53 Å². The predicted octanol–water partition coefficient (Wildman–Crippen LogP) is 14.6. The van der Waals surface area contributed by atoms with Gasteiger partial charge in [0.2, 0.25) is 0 Å². The van der Waals surface area contributed by atoms with Crippen molar-refractivity contribution < 1.29 is 9.53 Å². The highest BCUT2D eigenvalue weighted by molar-refractivity contribution is 5.65. The first-order chi connectivity index (χ1) is 20.8. The number of carbonyl (C=O) groups is 1. The number of hydrogen-bond donors (Lipinski definition) is 0. The predicted molar refractivity (Wildman–Crippen MR) is 189 cm³/mol. The summed E-state index contributed by atoms with van der Waals surface area (Å²) in [5.41, 5.74) is 0. The molecule has 0 aromatic heterocycles. The molecule has 0 bridgehead atoms. The van der Waals surface area contributed by atoms with Gasteiger partial charge in [-0.25, -0.2) is 0 Å². The second-order valence-corrected chi connectivity index (χ2v) is 13.7. The summed E-state index contributed by atoms with van der Waals surface area (Å²) >= 11 is 0. The smallest absolute Gasteiger partial charge is 0.302 e. The van der Waals surface area contributed by atoms with E-state index in [1.165, 1.54) is 238 Å². The molecule has 0 radical (unpaired) electrons. The average molecular weight is 593 g/mol. The summed E-state index contributed by atoms with van der Waals surface area (Å²) < 4.78 is 4.40. The molecule has 0 unspecified atom stereocenters. The Morgan fingerprint density at radius 1 is 0.310 bits per heavy atom. The molecular weight excluding hydrogens is 512 g/mol. The van der Waals surface area contributed by atoms with Crippen molar-refractivity contribution in [1.29, 1.82) is 0 Å². The van der Waals surface area contributed by atoms with Crippen LogP contribution in [0, 0.1) is 0 Å². The lowest BCUT2D eigenvalue weighted by molar-refractivity contribution is -0.140. The van der Waals surface area contributed by atoms with E-state index in [1.807, 2.05) is 0 Å². The van der Waals surface area contributed by atoms with Gasteiger partial charge in [-0.15, -0.1) is 0 Å². The van der Waals surface area contributed by atoms with E-state index in [9.17, 15) is 4.79 Å². The minimum atomic E-state index is -0.211. The largest absolute Gasteiger partial charge is 0.466 e. The third kappa shape index (κ3) is 39.5. The molecule has 42 heavy (non-hydrogen) atoms. The summed E-state index contributed by atoms with van der Waals surface area (Å²) in [6.07, 6.45) is 54.0. The molecule has 0 atom stereocenters. The van der Waals surface area contributed by atoms with E-state index in [1.54, 1.807) is 6.92 Å². The molecule has 6 saturated carbocycles. The number of ether oxygens (including phenoxy) is 1. The van der Waals surface area contributed by atoms with Gasteiger partial charge >= 0.3 is 5.97 Å². The zero-order chi connectivity index (χ0) is 30.4. The average Bonchev–Trinajstić information content (AvgIpc) is 3.11. The van der Waals surface area contributed by atoms with Crippen LogP contribution in [0.2, 0.25) is 0 Å². The molecule has 2 heteroatoms. The van der Waals surface area contributed by atoms with Crippen molar-refractivity contribution in [1.82, 2.24) is 0 Å². The molecule has 0 amide bonds. The van der Waals surface area contributed by atoms with Crippen molar-refractivity contribution in [3.63, 3.8) is 0 Å². The lowest BCUT2D eigenvalue weighted by Gasteiger charge is -2.05. The van der Waals surface area contributed by atoms with Crippen LogP contribution in [0.4, 0.5) is 0 Å². The van der Waals surface area contributed by atoms with E-state index in [4.69, 9.17) is 0 Å². The number of hydrogen-bond acceptors (Lipinski definition) is 2. The molecule has 0 aromatic rings. The number of carbonyl (C=O) groups excluding carboxylic acids is 1. The molecule has 6 rings (SSSR count). The fraction of sp³-hybridized carbons (Fsp3) is 0.975. The van der Waals surface area contributed by atoms with Crippen molar-refractivity contribution in [2.24, 2.45) is 0 Å². The SMILES string of the molecule is C1CCCCC1.C1CCCCC1.C1CCCCC1.C1CCCCC1.C1CCCCC1.C1CCCCC1.CCOC(C)=O. The molecule has 0 saturated heterocycles. The maximum absolute atomic E-state index is 9.82. The first kappa shape index (κ1) is 41.5. The van der Waals surface area contributed by atoms with Crippen molar-refractivity contribution >= 4 is 5.97 Å². The van der Waals surface area contributed by atoms with Crippen molar-refractivity contribution in [2.75, 3.05) is 6.61 Å². The van der Waals surface area contributed by atoms with Gasteiger partial charge in [0, 0.05) is 6.92 Å². The zero-order valence-corrected chi connectivity index (χ0v) is 29.5. The fourth-order valence-corrected chi connectivity index (χ4v) is 6.57. The quantitative estimate of drug-likeness (QED) is 0.283. The van der Waals surface area contributed by atoms with Crippen LogP contribution in [0.3, 0.4) is 0 Å². The van der Waals surface area contributed by atoms with Crippen LogP contribution in [0.5, 0.6) is 0 Å². The third-order valence-corrected chi connectivity index (χ3v) is 9.35. The minimum Gasteiger partial charge on any atom is -0.466 e. The molecule has 0 heterocycles. The Labute approximate surface area is 266 Å². The van der Waals surface area contributed by atoms with E-state index in [-0.39, 0.29) is 5.97 Å². The molecular formula is C40H80O2. The van der Waals surface area contributed by atoms with Gasteiger partial charge in [0.1, 0.15) is 0 Å². The van der Waals surface area contributed by atoms with E-state index in [2.05, 4.69) is 4.74 Å². The molecule has 6 aliphatic rings. The maximum atomic E-state index is 9.82. The summed E-state index contributed by atoms with van der Waals surface area (Å²) in [5.74, 6) is -0.211. The van der Waals surface area contributed by atoms with Gasteiger partial charge in [-0.1, -0.05) is 231 Å². The first-order valence-corrected chi connectivity index (χ1v) is 19.9. The zero-order valence-electron chi connectivity index (χ0n) is 29.5. The lowest BCUT2D eigenvalue weighted by atomic mass is 10.0. The molecule has 6 fully saturated rings. The number of esters is 1. The van der Waals surface area contributed by atoms with E-state index in [0.717, 1.165) is 0 Å². The Bertz CT molecular complexity index is 302. The van der Waals surface area contributed by atoms with Crippen LogP contribution in [0.15, 0.2) is 0 Å². The van der Waals surface area contributed by atoms with Gasteiger partial charge in [-0.2, -0.15) is 0 Å².